The lowest BCUT2D eigenvalue weighted by molar-refractivity contribution is -0.132. The molecule has 2 atom stereocenters. The Morgan fingerprint density at radius 2 is 1.92 bits per heavy atom. The maximum Gasteiger partial charge on any atom is 0.245 e. The van der Waals surface area contributed by atoms with Crippen LogP contribution in [0.1, 0.15) is 23.5 Å². The molecule has 2 aromatic carbocycles. The molecule has 2 rings (SSSR count). The van der Waals surface area contributed by atoms with Gasteiger partial charge in [-0.1, -0.05) is 29.8 Å². The fourth-order valence-corrected chi connectivity index (χ4v) is 2.86. The lowest BCUT2D eigenvalue weighted by Crippen LogP contribution is -2.31. The largest absolute Gasteiger partial charge is 0.380 e. The summed E-state index contributed by atoms with van der Waals surface area (Å²) >= 11 is 5.88. The van der Waals surface area contributed by atoms with Gasteiger partial charge in [0.2, 0.25) is 5.91 Å². The zero-order chi connectivity index (χ0) is 18.4. The van der Waals surface area contributed by atoms with Crippen LogP contribution in [0.15, 0.2) is 42.5 Å². The molecule has 25 heavy (non-hydrogen) atoms. The van der Waals surface area contributed by atoms with Crippen molar-refractivity contribution in [2.75, 3.05) is 7.11 Å². The van der Waals surface area contributed by atoms with Crippen LogP contribution in [0, 0.1) is 11.6 Å². The molecule has 0 fully saturated rings. The first-order chi connectivity index (χ1) is 11.9. The number of amides is 1. The Hall–Kier alpha value is -2.02. The van der Waals surface area contributed by atoms with Gasteiger partial charge in [-0.05, 0) is 35.7 Å². The molecule has 0 heterocycles. The van der Waals surface area contributed by atoms with E-state index in [4.69, 9.17) is 21.5 Å². The summed E-state index contributed by atoms with van der Waals surface area (Å²) in [6, 6.07) is 10.3. The van der Waals surface area contributed by atoms with Gasteiger partial charge in [0.25, 0.3) is 0 Å². The molecule has 0 aromatic heterocycles. The highest BCUT2D eigenvalue weighted by molar-refractivity contribution is 6.30. The minimum absolute atomic E-state index is 0.178. The number of carbonyl (C=O) groups is 1. The number of ether oxygens (including phenoxy) is 1. The van der Waals surface area contributed by atoms with E-state index in [1.165, 1.54) is 13.2 Å². The smallest absolute Gasteiger partial charge is 0.245 e. The number of halogens is 3. The molecule has 1 amide bonds. The normalized spacial score (nSPS) is 13.3. The first kappa shape index (κ1) is 19.3. The van der Waals surface area contributed by atoms with Gasteiger partial charge in [0, 0.05) is 24.1 Å². The van der Waals surface area contributed by atoms with E-state index < -0.39 is 29.6 Å². The molecule has 7 heteroatoms. The van der Waals surface area contributed by atoms with Gasteiger partial charge in [-0.15, -0.1) is 0 Å². The van der Waals surface area contributed by atoms with Crippen LogP contribution < -0.4 is 5.48 Å². The van der Waals surface area contributed by atoms with E-state index in [2.05, 4.69) is 0 Å². The van der Waals surface area contributed by atoms with E-state index in [1.54, 1.807) is 29.7 Å². The molecular weight excluding hydrogens is 352 g/mol. The van der Waals surface area contributed by atoms with Crippen LogP contribution >= 0.6 is 11.6 Å². The van der Waals surface area contributed by atoms with Crippen LogP contribution in [0.2, 0.25) is 5.02 Å². The summed E-state index contributed by atoms with van der Waals surface area (Å²) in [5, 5.41) is 9.32. The minimum atomic E-state index is -0.720. The second kappa shape index (κ2) is 8.89. The van der Waals surface area contributed by atoms with Gasteiger partial charge in [0.1, 0.15) is 11.6 Å². The highest BCUT2D eigenvalue weighted by Crippen LogP contribution is 2.30. The summed E-state index contributed by atoms with van der Waals surface area (Å²) in [6.07, 6.45) is -0.554. The number of hydrogen-bond acceptors (Lipinski definition) is 3. The number of rotatable bonds is 7. The molecule has 0 bridgehead atoms. The summed E-state index contributed by atoms with van der Waals surface area (Å²) in [6.45, 7) is 0. The Kier molecular flexibility index (Phi) is 6.87. The van der Waals surface area contributed by atoms with Crippen LogP contribution in [-0.2, 0) is 16.0 Å². The summed E-state index contributed by atoms with van der Waals surface area (Å²) in [5.41, 5.74) is 2.62. The van der Waals surface area contributed by atoms with Crippen molar-refractivity contribution in [2.24, 2.45) is 0 Å². The van der Waals surface area contributed by atoms with E-state index in [-0.39, 0.29) is 12.0 Å². The summed E-state index contributed by atoms with van der Waals surface area (Å²) in [4.78, 5) is 11.5. The maximum absolute atomic E-state index is 14.3. The molecule has 0 spiro atoms. The fourth-order valence-electron chi connectivity index (χ4n) is 2.74. The van der Waals surface area contributed by atoms with Gasteiger partial charge >= 0.3 is 0 Å². The standard InChI is InChI=1S/C18H18ClF2NO3/c1-25-17(10-18(23)22-24)15(8-11-2-4-12(19)5-3-11)14-7-6-13(20)9-16(14)21/h2-7,9,15,17,24H,8,10H2,1H3,(H,22,23)/t15-,17-/m1/s1. The van der Waals surface area contributed by atoms with Crippen molar-refractivity contribution in [3.05, 3.63) is 70.2 Å². The van der Waals surface area contributed by atoms with E-state index in [9.17, 15) is 13.6 Å². The third-order valence-electron chi connectivity index (χ3n) is 3.99. The number of carbonyl (C=O) groups excluding carboxylic acids is 1. The Labute approximate surface area is 149 Å². The van der Waals surface area contributed by atoms with Gasteiger partial charge in [0.15, 0.2) is 0 Å². The zero-order valence-corrected chi connectivity index (χ0v) is 14.3. The molecule has 0 saturated heterocycles. The van der Waals surface area contributed by atoms with Crippen molar-refractivity contribution in [1.29, 1.82) is 0 Å². The van der Waals surface area contributed by atoms with Crippen molar-refractivity contribution < 1.29 is 23.5 Å². The lowest BCUT2D eigenvalue weighted by Gasteiger charge is -2.26. The Balaban J connectivity index is 2.38. The minimum Gasteiger partial charge on any atom is -0.380 e. The average Bonchev–Trinajstić information content (AvgIpc) is 2.60. The topological polar surface area (TPSA) is 58.6 Å². The first-order valence-corrected chi connectivity index (χ1v) is 7.97. The van der Waals surface area contributed by atoms with Crippen molar-refractivity contribution in [1.82, 2.24) is 5.48 Å². The number of hydroxylamine groups is 1. The average molecular weight is 370 g/mol. The third-order valence-corrected chi connectivity index (χ3v) is 4.25. The molecule has 0 aliphatic rings. The predicted octanol–water partition coefficient (Wildman–Crippen LogP) is 3.86. The van der Waals surface area contributed by atoms with Crippen LogP contribution in [0.3, 0.4) is 0 Å². The Bertz CT molecular complexity index is 725. The second-order valence-electron chi connectivity index (χ2n) is 5.62. The molecular formula is C18H18ClF2NO3. The van der Waals surface area contributed by atoms with Gasteiger partial charge in [0.05, 0.1) is 12.5 Å². The van der Waals surface area contributed by atoms with Crippen LogP contribution in [0.25, 0.3) is 0 Å². The van der Waals surface area contributed by atoms with Crippen molar-refractivity contribution in [2.45, 2.75) is 24.9 Å². The first-order valence-electron chi connectivity index (χ1n) is 7.59. The number of benzene rings is 2. The molecule has 4 nitrogen and oxygen atoms in total. The van der Waals surface area contributed by atoms with E-state index >= 15 is 0 Å². The van der Waals surface area contributed by atoms with Gasteiger partial charge in [-0.3, -0.25) is 10.0 Å². The summed E-state index contributed by atoms with van der Waals surface area (Å²) in [7, 11) is 1.39. The Morgan fingerprint density at radius 3 is 2.48 bits per heavy atom. The van der Waals surface area contributed by atoms with Crippen molar-refractivity contribution in [3.8, 4) is 0 Å². The number of hydrogen-bond donors (Lipinski definition) is 2. The van der Waals surface area contributed by atoms with Crippen molar-refractivity contribution >= 4 is 17.5 Å². The van der Waals surface area contributed by atoms with Crippen LogP contribution in [0.4, 0.5) is 8.78 Å². The lowest BCUT2D eigenvalue weighted by atomic mass is 9.85. The van der Waals surface area contributed by atoms with E-state index in [0.717, 1.165) is 17.7 Å². The molecule has 0 radical (unpaired) electrons. The molecule has 134 valence electrons. The van der Waals surface area contributed by atoms with E-state index in [0.29, 0.717) is 11.4 Å². The monoisotopic (exact) mass is 369 g/mol. The molecule has 0 unspecified atom stereocenters. The van der Waals surface area contributed by atoms with Gasteiger partial charge in [-0.25, -0.2) is 14.3 Å². The van der Waals surface area contributed by atoms with Gasteiger partial charge < -0.3 is 4.74 Å². The van der Waals surface area contributed by atoms with Crippen molar-refractivity contribution in [3.63, 3.8) is 0 Å². The highest BCUT2D eigenvalue weighted by Gasteiger charge is 2.28. The molecule has 0 saturated carbocycles. The number of methoxy groups -OCH3 is 1. The highest BCUT2D eigenvalue weighted by atomic mass is 35.5. The van der Waals surface area contributed by atoms with Crippen LogP contribution in [-0.4, -0.2) is 24.3 Å². The quantitative estimate of drug-likeness (QED) is 0.575. The van der Waals surface area contributed by atoms with Gasteiger partial charge in [-0.2, -0.15) is 0 Å². The molecule has 0 aliphatic carbocycles. The zero-order valence-electron chi connectivity index (χ0n) is 13.5. The predicted molar refractivity (Wildman–Crippen MR) is 89.6 cm³/mol. The van der Waals surface area contributed by atoms with E-state index in [1.807, 2.05) is 0 Å². The maximum atomic E-state index is 14.3. The molecule has 2 aromatic rings. The third kappa shape index (κ3) is 5.22. The second-order valence-corrected chi connectivity index (χ2v) is 6.05. The fraction of sp³-hybridized carbons (Fsp3) is 0.278. The summed E-state index contributed by atoms with van der Waals surface area (Å²) < 4.78 is 32.9. The van der Waals surface area contributed by atoms with Crippen LogP contribution in [0.5, 0.6) is 0 Å². The SMILES string of the molecule is CO[C@H](CC(=O)NO)[C@H](Cc1ccc(Cl)cc1)c1ccc(F)cc1F. The Morgan fingerprint density at radius 1 is 1.24 bits per heavy atom. The number of nitrogens with one attached hydrogen (secondary N) is 1. The molecule has 0 aliphatic heterocycles. The molecule has 2 N–H and O–H groups in total. The summed E-state index contributed by atoms with van der Waals surface area (Å²) in [5.74, 6) is -2.63.